The number of hydrogen-bond acceptors (Lipinski definition) is 4. The summed E-state index contributed by atoms with van der Waals surface area (Å²) in [5.74, 6) is -0.193. The molecule has 2 bridgehead atoms. The number of rotatable bonds is 4. The molecule has 6 heteroatoms. The topological polar surface area (TPSA) is 55.9 Å². The molecule has 0 radical (unpaired) electrons. The number of hydrogen-bond donors (Lipinski definition) is 1. The van der Waals surface area contributed by atoms with E-state index >= 15 is 0 Å². The fourth-order valence-corrected chi connectivity index (χ4v) is 4.14. The number of benzene rings is 1. The molecule has 0 aliphatic carbocycles. The normalized spacial score (nSPS) is 31.4. The summed E-state index contributed by atoms with van der Waals surface area (Å²) in [4.78, 5) is 31.5. The van der Waals surface area contributed by atoms with E-state index in [1.165, 1.54) is 0 Å². The van der Waals surface area contributed by atoms with Crippen LogP contribution in [0.2, 0.25) is 0 Å². The smallest absolute Gasteiger partial charge is 0.227 e. The summed E-state index contributed by atoms with van der Waals surface area (Å²) >= 11 is 0. The van der Waals surface area contributed by atoms with Crippen molar-refractivity contribution in [3.8, 4) is 0 Å². The maximum Gasteiger partial charge on any atom is 0.227 e. The molecule has 1 aromatic carbocycles. The zero-order valence-electron chi connectivity index (χ0n) is 14.8. The van der Waals surface area contributed by atoms with Crippen LogP contribution < -0.4 is 10.2 Å². The summed E-state index contributed by atoms with van der Waals surface area (Å²) in [6, 6.07) is 8.31. The standard InChI is InChI=1S/C19H26N4O2/c1-14-2-4-16(5-3-14)23-12-15(10-18(23)24)19(25)20-11-17-13-21-6-8-22(17)9-7-21/h2-5,15,17H,6-13H2,1H3,(H,20,25). The molecular formula is C19H26N4O2. The van der Waals surface area contributed by atoms with Gasteiger partial charge in [-0.15, -0.1) is 0 Å². The van der Waals surface area contributed by atoms with Crippen molar-refractivity contribution in [1.82, 2.24) is 15.1 Å². The fourth-order valence-electron chi connectivity index (χ4n) is 4.14. The van der Waals surface area contributed by atoms with E-state index in [2.05, 4.69) is 15.1 Å². The zero-order chi connectivity index (χ0) is 17.4. The Morgan fingerprint density at radius 1 is 1.12 bits per heavy atom. The average molecular weight is 342 g/mol. The van der Waals surface area contributed by atoms with Crippen LogP contribution in [0.25, 0.3) is 0 Å². The number of fused-ring (bicyclic) bond motifs is 3. The molecule has 4 fully saturated rings. The number of carbonyl (C=O) groups excluding carboxylic acids is 2. The molecule has 134 valence electrons. The molecule has 4 aliphatic rings. The first-order chi connectivity index (χ1) is 12.1. The van der Waals surface area contributed by atoms with Crippen LogP contribution >= 0.6 is 0 Å². The van der Waals surface area contributed by atoms with Gasteiger partial charge < -0.3 is 10.2 Å². The van der Waals surface area contributed by atoms with Gasteiger partial charge in [0.1, 0.15) is 0 Å². The minimum Gasteiger partial charge on any atom is -0.354 e. The number of nitrogens with one attached hydrogen (secondary N) is 1. The molecule has 6 nitrogen and oxygen atoms in total. The SMILES string of the molecule is Cc1ccc(N2CC(C(=O)NCC3CN4CCN3CC4)CC2=O)cc1. The molecule has 2 unspecified atom stereocenters. The van der Waals surface area contributed by atoms with Crippen molar-refractivity contribution in [2.24, 2.45) is 5.92 Å². The van der Waals surface area contributed by atoms with E-state index < -0.39 is 0 Å². The number of piperazine rings is 3. The second kappa shape index (κ2) is 6.77. The first-order valence-corrected chi connectivity index (χ1v) is 9.21. The molecule has 25 heavy (non-hydrogen) atoms. The molecular weight excluding hydrogens is 316 g/mol. The van der Waals surface area contributed by atoms with Crippen LogP contribution in [0.1, 0.15) is 12.0 Å². The Morgan fingerprint density at radius 3 is 2.48 bits per heavy atom. The monoisotopic (exact) mass is 342 g/mol. The maximum absolute atomic E-state index is 12.5. The molecule has 2 amide bonds. The van der Waals surface area contributed by atoms with Gasteiger partial charge in [0.2, 0.25) is 11.8 Å². The van der Waals surface area contributed by atoms with Gasteiger partial charge in [-0.2, -0.15) is 0 Å². The van der Waals surface area contributed by atoms with E-state index in [1.54, 1.807) is 4.90 Å². The van der Waals surface area contributed by atoms with E-state index in [0.29, 0.717) is 25.6 Å². The predicted octanol–water partition coefficient (Wildman–Crippen LogP) is 0.464. The summed E-state index contributed by atoms with van der Waals surface area (Å²) in [7, 11) is 0. The van der Waals surface area contributed by atoms with Crippen LogP contribution in [0.4, 0.5) is 5.69 Å². The second-order valence-corrected chi connectivity index (χ2v) is 7.48. The highest BCUT2D eigenvalue weighted by molar-refractivity contribution is 6.00. The third-order valence-electron chi connectivity index (χ3n) is 5.75. The molecule has 1 N–H and O–H groups in total. The van der Waals surface area contributed by atoms with Crippen LogP contribution in [0, 0.1) is 12.8 Å². The zero-order valence-corrected chi connectivity index (χ0v) is 14.8. The minimum atomic E-state index is -0.245. The highest BCUT2D eigenvalue weighted by atomic mass is 16.2. The molecule has 5 rings (SSSR count). The molecule has 0 aromatic heterocycles. The Morgan fingerprint density at radius 2 is 1.84 bits per heavy atom. The predicted molar refractivity (Wildman–Crippen MR) is 96.4 cm³/mol. The van der Waals surface area contributed by atoms with Gasteiger partial charge >= 0.3 is 0 Å². The Labute approximate surface area is 148 Å². The van der Waals surface area contributed by atoms with Crippen LogP contribution in [0.3, 0.4) is 0 Å². The molecule has 2 atom stereocenters. The Kier molecular flexibility index (Phi) is 4.48. The molecule has 0 saturated carbocycles. The van der Waals surface area contributed by atoms with Gasteiger partial charge in [0.15, 0.2) is 0 Å². The van der Waals surface area contributed by atoms with Crippen molar-refractivity contribution in [3.05, 3.63) is 29.8 Å². The minimum absolute atomic E-state index is 0.0145. The van der Waals surface area contributed by atoms with Gasteiger partial charge in [0, 0.05) is 64.0 Å². The number of carbonyl (C=O) groups is 2. The first kappa shape index (κ1) is 16.5. The molecule has 4 saturated heterocycles. The third-order valence-corrected chi connectivity index (χ3v) is 5.75. The van der Waals surface area contributed by atoms with E-state index in [1.807, 2.05) is 31.2 Å². The lowest BCUT2D eigenvalue weighted by atomic mass is 10.1. The van der Waals surface area contributed by atoms with Crippen LogP contribution in [0.5, 0.6) is 0 Å². The Balaban J connectivity index is 1.32. The van der Waals surface area contributed by atoms with Crippen LogP contribution in [0.15, 0.2) is 24.3 Å². The Hall–Kier alpha value is -1.92. The lowest BCUT2D eigenvalue weighted by molar-refractivity contribution is -0.126. The third kappa shape index (κ3) is 3.41. The van der Waals surface area contributed by atoms with Crippen LogP contribution in [-0.4, -0.2) is 73.5 Å². The van der Waals surface area contributed by atoms with E-state index in [4.69, 9.17) is 0 Å². The van der Waals surface area contributed by atoms with Crippen molar-refractivity contribution in [3.63, 3.8) is 0 Å². The van der Waals surface area contributed by atoms with Crippen molar-refractivity contribution in [2.45, 2.75) is 19.4 Å². The number of nitrogens with zero attached hydrogens (tertiary/aromatic N) is 3. The summed E-state index contributed by atoms with van der Waals surface area (Å²) in [5, 5.41) is 3.09. The molecule has 4 aliphatic heterocycles. The highest BCUT2D eigenvalue weighted by Gasteiger charge is 2.36. The summed E-state index contributed by atoms with van der Waals surface area (Å²) in [6.07, 6.45) is 0.306. The largest absolute Gasteiger partial charge is 0.354 e. The average Bonchev–Trinajstić information content (AvgIpc) is 3.03. The van der Waals surface area contributed by atoms with Crippen molar-refractivity contribution in [1.29, 1.82) is 0 Å². The van der Waals surface area contributed by atoms with Crippen molar-refractivity contribution in [2.75, 3.05) is 50.7 Å². The van der Waals surface area contributed by atoms with Gasteiger partial charge in [-0.25, -0.2) is 0 Å². The number of amides is 2. The van der Waals surface area contributed by atoms with Crippen molar-refractivity contribution < 1.29 is 9.59 Å². The van der Waals surface area contributed by atoms with Gasteiger partial charge in [-0.05, 0) is 19.1 Å². The highest BCUT2D eigenvalue weighted by Crippen LogP contribution is 2.25. The van der Waals surface area contributed by atoms with E-state index in [-0.39, 0.29) is 17.7 Å². The first-order valence-electron chi connectivity index (χ1n) is 9.21. The molecule has 0 spiro atoms. The fraction of sp³-hybridized carbons (Fsp3) is 0.579. The second-order valence-electron chi connectivity index (χ2n) is 7.48. The van der Waals surface area contributed by atoms with Gasteiger partial charge in [0.25, 0.3) is 0 Å². The van der Waals surface area contributed by atoms with Gasteiger partial charge in [0.05, 0.1) is 5.92 Å². The summed E-state index contributed by atoms with van der Waals surface area (Å²) < 4.78 is 0. The lowest BCUT2D eigenvalue weighted by Gasteiger charge is -2.47. The van der Waals surface area contributed by atoms with E-state index in [0.717, 1.165) is 44.0 Å². The molecule has 1 aromatic rings. The number of anilines is 1. The number of aryl methyl sites for hydroxylation is 1. The quantitative estimate of drug-likeness (QED) is 0.864. The summed E-state index contributed by atoms with van der Waals surface area (Å²) in [5.41, 5.74) is 2.05. The van der Waals surface area contributed by atoms with E-state index in [9.17, 15) is 9.59 Å². The lowest BCUT2D eigenvalue weighted by Crippen LogP contribution is -2.63. The Bertz CT molecular complexity index is 652. The van der Waals surface area contributed by atoms with Crippen LogP contribution in [-0.2, 0) is 9.59 Å². The molecule has 4 heterocycles. The van der Waals surface area contributed by atoms with Gasteiger partial charge in [-0.3, -0.25) is 19.4 Å². The maximum atomic E-state index is 12.5. The summed E-state index contributed by atoms with van der Waals surface area (Å²) in [6.45, 7) is 8.72. The van der Waals surface area contributed by atoms with Crippen molar-refractivity contribution >= 4 is 17.5 Å². The van der Waals surface area contributed by atoms with Gasteiger partial charge in [-0.1, -0.05) is 17.7 Å².